The number of hydrogen-bond acceptors (Lipinski definition) is 5. The summed E-state index contributed by atoms with van der Waals surface area (Å²) in [7, 11) is 0. The van der Waals surface area contributed by atoms with Gasteiger partial charge < -0.3 is 0 Å². The predicted octanol–water partition coefficient (Wildman–Crippen LogP) is 4.91. The van der Waals surface area contributed by atoms with Crippen molar-refractivity contribution >= 4 is 57.3 Å². The summed E-state index contributed by atoms with van der Waals surface area (Å²) in [6.07, 6.45) is 0.445. The zero-order valence-electron chi connectivity index (χ0n) is 12.5. The molecule has 8 heteroatoms. The molecule has 1 fully saturated rings. The number of thioether (sulfide) groups is 1. The molecule has 1 amide bonds. The molecule has 1 saturated carbocycles. The highest BCUT2D eigenvalue weighted by Gasteiger charge is 2.68. The van der Waals surface area contributed by atoms with Gasteiger partial charge in [0.15, 0.2) is 4.34 Å². The van der Waals surface area contributed by atoms with E-state index in [-0.39, 0.29) is 11.2 Å². The zero-order valence-corrected chi connectivity index (χ0v) is 15.7. The number of nitrogens with one attached hydrogen (secondary N) is 1. The van der Waals surface area contributed by atoms with Crippen LogP contribution < -0.4 is 5.32 Å². The molecule has 1 aromatic carbocycles. The third kappa shape index (κ3) is 3.50. The number of carbonyl (C=O) groups is 1. The second kappa shape index (κ2) is 6.24. The quantitative estimate of drug-likeness (QED) is 0.449. The van der Waals surface area contributed by atoms with Crippen molar-refractivity contribution in [2.45, 2.75) is 34.2 Å². The summed E-state index contributed by atoms with van der Waals surface area (Å²) in [6.45, 7) is 3.86. The van der Waals surface area contributed by atoms with Crippen LogP contribution in [0.5, 0.6) is 0 Å². The Labute approximate surface area is 153 Å². The fourth-order valence-corrected chi connectivity index (χ4v) is 4.86. The van der Waals surface area contributed by atoms with Gasteiger partial charge in [-0.25, -0.2) is 0 Å². The van der Waals surface area contributed by atoms with Crippen molar-refractivity contribution in [2.24, 2.45) is 5.41 Å². The lowest BCUT2D eigenvalue weighted by Gasteiger charge is -2.10. The summed E-state index contributed by atoms with van der Waals surface area (Å²) in [5.74, 6) is -0.216. The Morgan fingerprint density at radius 2 is 2.00 bits per heavy atom. The fraction of sp³-hybridized carbons (Fsp3) is 0.400. The summed E-state index contributed by atoms with van der Waals surface area (Å²) in [5, 5.41) is 11.6. The highest BCUT2D eigenvalue weighted by atomic mass is 35.5. The van der Waals surface area contributed by atoms with E-state index in [1.165, 1.54) is 16.9 Å². The third-order valence-corrected chi connectivity index (χ3v) is 7.11. The van der Waals surface area contributed by atoms with E-state index >= 15 is 0 Å². The number of hydrogen-bond donors (Lipinski definition) is 1. The van der Waals surface area contributed by atoms with Gasteiger partial charge in [-0.15, -0.1) is 33.4 Å². The zero-order chi connectivity index (χ0) is 16.7. The van der Waals surface area contributed by atoms with Crippen LogP contribution in [0.1, 0.15) is 31.1 Å². The molecule has 1 N–H and O–H groups in total. The van der Waals surface area contributed by atoms with Gasteiger partial charge in [0.05, 0.1) is 5.41 Å². The molecule has 4 nitrogen and oxygen atoms in total. The molecule has 3 rings (SSSR count). The van der Waals surface area contributed by atoms with Crippen molar-refractivity contribution < 1.29 is 4.79 Å². The maximum Gasteiger partial charge on any atom is 0.235 e. The minimum Gasteiger partial charge on any atom is -0.300 e. The molecule has 2 aromatic rings. The second-order valence-electron chi connectivity index (χ2n) is 5.71. The van der Waals surface area contributed by atoms with Crippen LogP contribution in [0.4, 0.5) is 5.13 Å². The molecule has 1 heterocycles. The van der Waals surface area contributed by atoms with E-state index in [9.17, 15) is 4.79 Å². The standard InChI is InChI=1S/C15H15Cl2N3OS2/c1-9(10-6-4-3-5-7-10)22-13-20-19-12(23-13)18-11(21)14(2)8-15(14,16)17/h3-7,9H,8H2,1-2H3,(H,18,19,21). The van der Waals surface area contributed by atoms with Gasteiger partial charge in [-0.1, -0.05) is 53.4 Å². The van der Waals surface area contributed by atoms with Gasteiger partial charge in [-0.3, -0.25) is 10.1 Å². The molecule has 0 radical (unpaired) electrons. The van der Waals surface area contributed by atoms with Crippen LogP contribution in [0.3, 0.4) is 0 Å². The van der Waals surface area contributed by atoms with E-state index in [1.807, 2.05) is 18.2 Å². The van der Waals surface area contributed by atoms with Crippen molar-refractivity contribution in [2.75, 3.05) is 5.32 Å². The second-order valence-corrected chi connectivity index (χ2v) is 9.76. The Morgan fingerprint density at radius 1 is 1.35 bits per heavy atom. The molecule has 0 spiro atoms. The monoisotopic (exact) mass is 387 g/mol. The average Bonchev–Trinajstić information content (AvgIpc) is 2.84. The van der Waals surface area contributed by atoms with E-state index in [1.54, 1.807) is 18.7 Å². The number of benzene rings is 1. The number of carbonyl (C=O) groups excluding carboxylic acids is 1. The maximum absolute atomic E-state index is 12.2. The molecular weight excluding hydrogens is 373 g/mol. The Bertz CT molecular complexity index is 723. The summed E-state index contributed by atoms with van der Waals surface area (Å²) < 4.78 is -0.179. The molecule has 0 bridgehead atoms. The third-order valence-electron chi connectivity index (χ3n) is 3.93. The molecule has 1 aromatic heterocycles. The molecule has 23 heavy (non-hydrogen) atoms. The van der Waals surface area contributed by atoms with Gasteiger partial charge in [-0.05, 0) is 25.8 Å². The van der Waals surface area contributed by atoms with E-state index in [2.05, 4.69) is 34.6 Å². The molecule has 1 aliphatic rings. The minimum atomic E-state index is -0.985. The summed E-state index contributed by atoms with van der Waals surface area (Å²) >= 11 is 15.0. The molecule has 0 saturated heterocycles. The minimum absolute atomic E-state index is 0.216. The van der Waals surface area contributed by atoms with Crippen LogP contribution in [-0.4, -0.2) is 20.4 Å². The van der Waals surface area contributed by atoms with Gasteiger partial charge in [0.25, 0.3) is 0 Å². The van der Waals surface area contributed by atoms with Gasteiger partial charge in [-0.2, -0.15) is 0 Å². The predicted molar refractivity (Wildman–Crippen MR) is 96.4 cm³/mol. The van der Waals surface area contributed by atoms with Crippen molar-refractivity contribution in [3.63, 3.8) is 0 Å². The number of anilines is 1. The maximum atomic E-state index is 12.2. The Morgan fingerprint density at radius 3 is 2.61 bits per heavy atom. The van der Waals surface area contributed by atoms with Gasteiger partial charge in [0.1, 0.15) is 4.33 Å². The van der Waals surface area contributed by atoms with E-state index < -0.39 is 9.75 Å². The van der Waals surface area contributed by atoms with Crippen LogP contribution in [0, 0.1) is 5.41 Å². The summed E-state index contributed by atoms with van der Waals surface area (Å²) in [6, 6.07) is 10.2. The topological polar surface area (TPSA) is 54.9 Å². The van der Waals surface area contributed by atoms with E-state index in [0.717, 1.165) is 4.34 Å². The first-order chi connectivity index (χ1) is 10.8. The molecule has 1 aliphatic carbocycles. The highest BCUT2D eigenvalue weighted by Crippen LogP contribution is 2.64. The molecule has 2 unspecified atom stereocenters. The van der Waals surface area contributed by atoms with Crippen LogP contribution >= 0.6 is 46.3 Å². The lowest BCUT2D eigenvalue weighted by atomic mass is 10.1. The number of amides is 1. The van der Waals surface area contributed by atoms with Crippen molar-refractivity contribution in [1.29, 1.82) is 0 Å². The van der Waals surface area contributed by atoms with Gasteiger partial charge in [0.2, 0.25) is 11.0 Å². The number of alkyl halides is 2. The normalized spacial score (nSPS) is 23.3. The SMILES string of the molecule is CC(Sc1nnc(NC(=O)C2(C)CC2(Cl)Cl)s1)c1ccccc1. The number of rotatable bonds is 5. The number of nitrogens with zero attached hydrogens (tertiary/aromatic N) is 2. The van der Waals surface area contributed by atoms with Crippen molar-refractivity contribution in [1.82, 2.24) is 10.2 Å². The Kier molecular flexibility index (Phi) is 4.62. The van der Waals surface area contributed by atoms with Crippen LogP contribution in [-0.2, 0) is 4.79 Å². The van der Waals surface area contributed by atoms with E-state index in [0.29, 0.717) is 11.6 Å². The molecule has 2 atom stereocenters. The first kappa shape index (κ1) is 17.0. The van der Waals surface area contributed by atoms with Crippen LogP contribution in [0.25, 0.3) is 0 Å². The Balaban J connectivity index is 1.62. The van der Waals surface area contributed by atoms with Gasteiger partial charge in [0, 0.05) is 5.25 Å². The average molecular weight is 388 g/mol. The molecule has 0 aliphatic heterocycles. The van der Waals surface area contributed by atoms with Crippen LogP contribution in [0.2, 0.25) is 0 Å². The molecular formula is C15H15Cl2N3OS2. The fourth-order valence-electron chi connectivity index (χ4n) is 2.13. The first-order valence-electron chi connectivity index (χ1n) is 7.06. The lowest BCUT2D eigenvalue weighted by Crippen LogP contribution is -2.25. The molecule has 122 valence electrons. The van der Waals surface area contributed by atoms with Crippen molar-refractivity contribution in [3.8, 4) is 0 Å². The Hall–Kier alpha value is -0.820. The first-order valence-corrected chi connectivity index (χ1v) is 9.51. The van der Waals surface area contributed by atoms with Crippen molar-refractivity contribution in [3.05, 3.63) is 35.9 Å². The summed E-state index contributed by atoms with van der Waals surface area (Å²) in [5.41, 5.74) is 0.463. The van der Waals surface area contributed by atoms with Crippen LogP contribution in [0.15, 0.2) is 34.7 Å². The summed E-state index contributed by atoms with van der Waals surface area (Å²) in [4.78, 5) is 12.2. The van der Waals surface area contributed by atoms with Gasteiger partial charge >= 0.3 is 0 Å². The van der Waals surface area contributed by atoms with E-state index in [4.69, 9.17) is 23.2 Å². The largest absolute Gasteiger partial charge is 0.300 e. The highest BCUT2D eigenvalue weighted by molar-refractivity contribution is 8.01. The number of aromatic nitrogens is 2. The number of halogens is 2. The lowest BCUT2D eigenvalue weighted by molar-refractivity contribution is -0.120. The smallest absolute Gasteiger partial charge is 0.235 e.